The molecule has 0 aromatic heterocycles. The number of hydrogen-bond donors (Lipinski definition) is 2. The lowest BCUT2D eigenvalue weighted by molar-refractivity contribution is 0.301. The average Bonchev–Trinajstić information content (AvgIpc) is 3.25. The van der Waals surface area contributed by atoms with E-state index in [1.54, 1.807) is 0 Å². The molecule has 0 amide bonds. The molecule has 0 aliphatic carbocycles. The minimum absolute atomic E-state index is 0.347. The van der Waals surface area contributed by atoms with Gasteiger partial charge in [0.1, 0.15) is 0 Å². The highest BCUT2D eigenvalue weighted by molar-refractivity contribution is 8.20. The van der Waals surface area contributed by atoms with Crippen molar-refractivity contribution in [3.8, 4) is 0 Å². The summed E-state index contributed by atoms with van der Waals surface area (Å²) >= 11 is 12.2. The fourth-order valence-corrected chi connectivity index (χ4v) is 11.1. The summed E-state index contributed by atoms with van der Waals surface area (Å²) in [4.78, 5) is 0. The molecule has 8 heteroatoms. The summed E-state index contributed by atoms with van der Waals surface area (Å²) in [6.07, 6.45) is 5.25. The van der Waals surface area contributed by atoms with Crippen molar-refractivity contribution >= 4 is 70.6 Å². The lowest BCUT2D eigenvalue weighted by Crippen LogP contribution is -2.06. The van der Waals surface area contributed by atoms with E-state index in [1.807, 2.05) is 47.0 Å². The zero-order valence-corrected chi connectivity index (χ0v) is 19.0. The van der Waals surface area contributed by atoms with Crippen LogP contribution in [0.2, 0.25) is 0 Å². The molecule has 0 aromatic rings. The second kappa shape index (κ2) is 14.1. The van der Waals surface area contributed by atoms with Crippen molar-refractivity contribution in [2.24, 2.45) is 0 Å². The van der Waals surface area contributed by atoms with E-state index < -0.39 is 0 Å². The topological polar surface area (TPSA) is 40.5 Å². The molecule has 24 heavy (non-hydrogen) atoms. The summed E-state index contributed by atoms with van der Waals surface area (Å²) < 4.78 is 1.46. The molecule has 0 bridgehead atoms. The predicted octanol–water partition coefficient (Wildman–Crippen LogP) is 4.35. The molecule has 2 nitrogen and oxygen atoms in total. The highest BCUT2D eigenvalue weighted by Crippen LogP contribution is 2.41. The number of aliphatic hydroxyl groups excluding tert-OH is 2. The molecule has 2 heterocycles. The van der Waals surface area contributed by atoms with Crippen LogP contribution in [0.1, 0.15) is 25.7 Å². The van der Waals surface area contributed by atoms with Crippen LogP contribution in [-0.2, 0) is 0 Å². The normalized spacial score (nSPS) is 30.2. The maximum absolute atomic E-state index is 9.15. The highest BCUT2D eigenvalue weighted by atomic mass is 32.2. The summed E-state index contributed by atoms with van der Waals surface area (Å²) in [7, 11) is 0. The molecule has 0 spiro atoms. The second-order valence-electron chi connectivity index (χ2n) is 5.92. The summed E-state index contributed by atoms with van der Waals surface area (Å²) in [5.41, 5.74) is 0. The summed E-state index contributed by atoms with van der Waals surface area (Å²) in [6.45, 7) is 0.695. The molecule has 142 valence electrons. The van der Waals surface area contributed by atoms with Crippen molar-refractivity contribution in [3.05, 3.63) is 0 Å². The minimum Gasteiger partial charge on any atom is -0.395 e. The molecule has 0 aromatic carbocycles. The Kier molecular flexibility index (Phi) is 13.1. The van der Waals surface area contributed by atoms with Crippen molar-refractivity contribution in [3.63, 3.8) is 0 Å². The highest BCUT2D eigenvalue weighted by Gasteiger charge is 2.25. The zero-order chi connectivity index (χ0) is 17.0. The summed E-state index contributed by atoms with van der Waals surface area (Å²) in [6, 6.07) is 0. The Hall–Kier alpha value is 2.02. The lowest BCUT2D eigenvalue weighted by atomic mass is 10.4. The SMILES string of the molecule is OCC1CSC(CCCSCCSCCCC2SCC(CO)S2)S1. The van der Waals surface area contributed by atoms with Gasteiger partial charge in [0.15, 0.2) is 0 Å². The van der Waals surface area contributed by atoms with E-state index in [2.05, 4.69) is 23.5 Å². The number of rotatable bonds is 13. The number of thioether (sulfide) groups is 6. The van der Waals surface area contributed by atoms with E-state index in [0.717, 1.165) is 20.7 Å². The van der Waals surface area contributed by atoms with Crippen LogP contribution in [0.15, 0.2) is 0 Å². The summed E-state index contributed by atoms with van der Waals surface area (Å²) in [5, 5.41) is 19.3. The van der Waals surface area contributed by atoms with E-state index in [1.165, 1.54) is 48.7 Å². The van der Waals surface area contributed by atoms with E-state index in [4.69, 9.17) is 10.2 Å². The molecule has 2 N–H and O–H groups in total. The van der Waals surface area contributed by atoms with E-state index >= 15 is 0 Å². The molecule has 4 unspecified atom stereocenters. The van der Waals surface area contributed by atoms with Gasteiger partial charge < -0.3 is 10.2 Å². The summed E-state index contributed by atoms with van der Waals surface area (Å²) in [5.74, 6) is 7.42. The van der Waals surface area contributed by atoms with Gasteiger partial charge in [0.05, 0.1) is 22.4 Å². The molecule has 4 atom stereocenters. The average molecular weight is 447 g/mol. The van der Waals surface area contributed by atoms with Crippen molar-refractivity contribution < 1.29 is 10.2 Å². The van der Waals surface area contributed by atoms with Crippen LogP contribution in [0.25, 0.3) is 0 Å². The molecule has 0 saturated carbocycles. The Bertz CT molecular complexity index is 293. The third-order valence-corrected chi connectivity index (χ3v) is 13.0. The van der Waals surface area contributed by atoms with Crippen LogP contribution in [0.3, 0.4) is 0 Å². The van der Waals surface area contributed by atoms with Gasteiger partial charge in [-0.3, -0.25) is 0 Å². The molecule has 2 fully saturated rings. The van der Waals surface area contributed by atoms with Gasteiger partial charge in [0.2, 0.25) is 0 Å². The Labute approximate surface area is 173 Å². The van der Waals surface area contributed by atoms with Crippen molar-refractivity contribution in [1.82, 2.24) is 0 Å². The Balaban J connectivity index is 1.30. The van der Waals surface area contributed by atoms with Gasteiger partial charge in [-0.25, -0.2) is 0 Å². The predicted molar refractivity (Wildman–Crippen MR) is 123 cm³/mol. The van der Waals surface area contributed by atoms with Gasteiger partial charge in [-0.2, -0.15) is 23.5 Å². The van der Waals surface area contributed by atoms with Gasteiger partial charge in [0.25, 0.3) is 0 Å². The first-order valence-corrected chi connectivity index (χ1v) is 15.0. The largest absolute Gasteiger partial charge is 0.395 e. The molecular weight excluding hydrogens is 417 g/mol. The van der Waals surface area contributed by atoms with E-state index in [0.29, 0.717) is 23.7 Å². The zero-order valence-electron chi connectivity index (χ0n) is 14.1. The quantitative estimate of drug-likeness (QED) is 0.405. The first kappa shape index (κ1) is 22.3. The fraction of sp³-hybridized carbons (Fsp3) is 1.00. The molecule has 2 rings (SSSR count). The van der Waals surface area contributed by atoms with Crippen LogP contribution in [0, 0.1) is 0 Å². The van der Waals surface area contributed by atoms with Gasteiger partial charge in [-0.1, -0.05) is 0 Å². The van der Waals surface area contributed by atoms with E-state index in [-0.39, 0.29) is 0 Å². The fourth-order valence-electron chi connectivity index (χ4n) is 2.54. The monoisotopic (exact) mass is 446 g/mol. The molecule has 0 radical (unpaired) electrons. The van der Waals surface area contributed by atoms with E-state index in [9.17, 15) is 0 Å². The molecule has 2 saturated heterocycles. The Morgan fingerprint density at radius 3 is 1.54 bits per heavy atom. The molecule has 2 aliphatic rings. The first-order chi connectivity index (χ1) is 11.8. The first-order valence-electron chi connectivity index (χ1n) is 8.73. The minimum atomic E-state index is 0.347. The standard InChI is InChI=1S/C16H30O2S6/c17-9-13-11-21-15(23-13)3-1-5-19-7-8-20-6-2-4-16-22-12-14(10-18)24-16/h13-18H,1-12H2. The van der Waals surface area contributed by atoms with Crippen LogP contribution < -0.4 is 0 Å². The van der Waals surface area contributed by atoms with Crippen molar-refractivity contribution in [1.29, 1.82) is 0 Å². The van der Waals surface area contributed by atoms with Gasteiger partial charge in [-0.15, -0.1) is 47.0 Å². The van der Waals surface area contributed by atoms with Gasteiger partial charge in [0, 0.05) is 33.5 Å². The lowest BCUT2D eigenvalue weighted by Gasteiger charge is -2.09. The molecule has 2 aliphatic heterocycles. The van der Waals surface area contributed by atoms with Crippen LogP contribution in [-0.4, -0.2) is 77.6 Å². The van der Waals surface area contributed by atoms with Crippen LogP contribution in [0.4, 0.5) is 0 Å². The second-order valence-corrected chi connectivity index (χ2v) is 14.4. The third kappa shape index (κ3) is 9.29. The molecular formula is C16H30O2S6. The Morgan fingerprint density at radius 1 is 0.708 bits per heavy atom. The smallest absolute Gasteiger partial charge is 0.0558 e. The van der Waals surface area contributed by atoms with Crippen molar-refractivity contribution in [2.45, 2.75) is 45.3 Å². The maximum atomic E-state index is 9.15. The van der Waals surface area contributed by atoms with Crippen LogP contribution >= 0.6 is 70.6 Å². The number of aliphatic hydroxyl groups is 2. The Morgan fingerprint density at radius 2 is 1.17 bits per heavy atom. The van der Waals surface area contributed by atoms with Gasteiger partial charge >= 0.3 is 0 Å². The van der Waals surface area contributed by atoms with Gasteiger partial charge in [-0.05, 0) is 37.2 Å². The van der Waals surface area contributed by atoms with Crippen LogP contribution in [0.5, 0.6) is 0 Å². The van der Waals surface area contributed by atoms with Crippen molar-refractivity contribution in [2.75, 3.05) is 47.7 Å². The number of hydrogen-bond acceptors (Lipinski definition) is 8. The maximum Gasteiger partial charge on any atom is 0.0558 e. The third-order valence-electron chi connectivity index (χ3n) is 3.86.